The molecule has 0 spiro atoms. The molecule has 7 heteroatoms. The molecule has 0 aliphatic heterocycles. The summed E-state index contributed by atoms with van der Waals surface area (Å²) in [5.41, 5.74) is 4.24. The first kappa shape index (κ1) is 18.6. The van der Waals surface area contributed by atoms with Crippen molar-refractivity contribution in [3.63, 3.8) is 0 Å². The first-order chi connectivity index (χ1) is 12.4. The fourth-order valence-electron chi connectivity index (χ4n) is 3.19. The maximum Gasteiger partial charge on any atom is 0.229 e. The Morgan fingerprint density at radius 2 is 1.85 bits per heavy atom. The number of nitrogens with one attached hydrogen (secondary N) is 1. The van der Waals surface area contributed by atoms with Crippen molar-refractivity contribution in [2.75, 3.05) is 11.0 Å². The highest BCUT2D eigenvalue weighted by molar-refractivity contribution is 7.92. The fourth-order valence-corrected chi connectivity index (χ4v) is 4.73. The van der Waals surface area contributed by atoms with Gasteiger partial charge in [0.25, 0.3) is 0 Å². The van der Waals surface area contributed by atoms with E-state index in [1.165, 1.54) is 12.0 Å². The summed E-state index contributed by atoms with van der Waals surface area (Å²) in [6.07, 6.45) is 6.63. The van der Waals surface area contributed by atoms with E-state index in [0.717, 1.165) is 58.7 Å². The van der Waals surface area contributed by atoms with Gasteiger partial charge in [-0.1, -0.05) is 18.6 Å². The number of rotatable bonds is 4. The van der Waals surface area contributed by atoms with Gasteiger partial charge in [0, 0.05) is 16.1 Å². The topological polar surface area (TPSA) is 82.8 Å². The Balaban J connectivity index is 1.92. The molecule has 3 rings (SSSR count). The van der Waals surface area contributed by atoms with E-state index in [4.69, 9.17) is 4.98 Å². The number of sulfonamides is 1. The normalized spacial score (nSPS) is 14.7. The molecule has 1 N–H and O–H groups in total. The van der Waals surface area contributed by atoms with Crippen LogP contribution in [0.25, 0.3) is 16.8 Å². The van der Waals surface area contributed by atoms with Crippen LogP contribution >= 0.6 is 11.3 Å². The van der Waals surface area contributed by atoms with Crippen molar-refractivity contribution in [2.24, 2.45) is 0 Å². The third kappa shape index (κ3) is 4.32. The van der Waals surface area contributed by atoms with Gasteiger partial charge in [-0.2, -0.15) is 5.26 Å². The summed E-state index contributed by atoms with van der Waals surface area (Å²) in [5.74, 6) is 0. The van der Waals surface area contributed by atoms with E-state index in [-0.39, 0.29) is 0 Å². The minimum absolute atomic E-state index is 0.520. The van der Waals surface area contributed by atoms with Crippen LogP contribution in [0.15, 0.2) is 29.8 Å². The number of hydrogen-bond donors (Lipinski definition) is 1. The van der Waals surface area contributed by atoms with E-state index >= 15 is 0 Å². The lowest BCUT2D eigenvalue weighted by Gasteiger charge is -2.14. The van der Waals surface area contributed by atoms with Gasteiger partial charge in [-0.25, -0.2) is 13.4 Å². The lowest BCUT2D eigenvalue weighted by Crippen LogP contribution is -2.09. The van der Waals surface area contributed by atoms with Crippen LogP contribution in [0.3, 0.4) is 0 Å². The number of aromatic nitrogens is 1. The zero-order valence-electron chi connectivity index (χ0n) is 14.9. The summed E-state index contributed by atoms with van der Waals surface area (Å²) in [4.78, 5) is 5.78. The molecule has 1 fully saturated rings. The maximum atomic E-state index is 11.3. The Morgan fingerprint density at radius 3 is 2.42 bits per heavy atom. The van der Waals surface area contributed by atoms with Gasteiger partial charge in [-0.15, -0.1) is 11.3 Å². The van der Waals surface area contributed by atoms with Crippen LogP contribution in [-0.2, 0) is 10.0 Å². The third-order valence-electron chi connectivity index (χ3n) is 4.39. The molecular weight excluding hydrogens is 366 g/mol. The first-order valence-corrected chi connectivity index (χ1v) is 11.3. The number of thiazole rings is 1. The van der Waals surface area contributed by atoms with E-state index in [2.05, 4.69) is 10.8 Å². The highest BCUT2D eigenvalue weighted by Gasteiger charge is 2.18. The smallest absolute Gasteiger partial charge is 0.229 e. The fraction of sp³-hybridized carbons (Fsp3) is 0.368. The van der Waals surface area contributed by atoms with Crippen LogP contribution in [-0.4, -0.2) is 19.7 Å². The van der Waals surface area contributed by atoms with Crippen LogP contribution < -0.4 is 4.72 Å². The summed E-state index contributed by atoms with van der Waals surface area (Å²) in [6.45, 7) is 2.00. The largest absolute Gasteiger partial charge is 0.284 e. The SMILES string of the molecule is Cc1sc(C(C#N)=C2CCCCC2)nc1-c1ccc(NS(C)(=O)=O)cc1. The second-order valence-electron chi connectivity index (χ2n) is 6.53. The highest BCUT2D eigenvalue weighted by Crippen LogP contribution is 2.35. The number of anilines is 1. The maximum absolute atomic E-state index is 11.3. The molecule has 0 amide bonds. The molecule has 0 atom stereocenters. The van der Waals surface area contributed by atoms with E-state index in [1.54, 1.807) is 23.5 Å². The molecular formula is C19H21N3O2S2. The van der Waals surface area contributed by atoms with Gasteiger partial charge in [0.05, 0.1) is 17.5 Å². The number of benzene rings is 1. The summed E-state index contributed by atoms with van der Waals surface area (Å²) >= 11 is 1.55. The zero-order chi connectivity index (χ0) is 18.7. The molecule has 1 aliphatic carbocycles. The molecule has 2 aromatic rings. The van der Waals surface area contributed by atoms with Crippen molar-refractivity contribution in [2.45, 2.75) is 39.0 Å². The second-order valence-corrected chi connectivity index (χ2v) is 9.48. The Bertz CT molecular complexity index is 973. The molecule has 1 heterocycles. The van der Waals surface area contributed by atoms with Gasteiger partial charge in [0.2, 0.25) is 10.0 Å². The minimum Gasteiger partial charge on any atom is -0.284 e. The second kappa shape index (κ2) is 7.60. The highest BCUT2D eigenvalue weighted by atomic mass is 32.2. The Labute approximate surface area is 158 Å². The Morgan fingerprint density at radius 1 is 1.19 bits per heavy atom. The lowest BCUT2D eigenvalue weighted by molar-refractivity contribution is 0.601. The quantitative estimate of drug-likeness (QED) is 0.769. The van der Waals surface area contributed by atoms with Gasteiger partial charge in [-0.05, 0) is 50.3 Å². The van der Waals surface area contributed by atoms with Crippen molar-refractivity contribution in [1.29, 1.82) is 5.26 Å². The van der Waals surface area contributed by atoms with Crippen molar-refractivity contribution in [3.8, 4) is 17.3 Å². The van der Waals surface area contributed by atoms with Crippen molar-refractivity contribution in [3.05, 3.63) is 39.7 Å². The molecule has 0 unspecified atom stereocenters. The van der Waals surface area contributed by atoms with Crippen molar-refractivity contribution in [1.82, 2.24) is 4.98 Å². The van der Waals surface area contributed by atoms with E-state index in [1.807, 2.05) is 19.1 Å². The number of allylic oxidation sites excluding steroid dienone is 2. The summed E-state index contributed by atoms with van der Waals surface area (Å²) in [6, 6.07) is 9.50. The number of nitriles is 1. The first-order valence-electron chi connectivity index (χ1n) is 8.55. The summed E-state index contributed by atoms with van der Waals surface area (Å²) in [5, 5.41) is 10.4. The molecule has 5 nitrogen and oxygen atoms in total. The number of aryl methyl sites for hydroxylation is 1. The Hall–Kier alpha value is -2.17. The van der Waals surface area contributed by atoms with Gasteiger partial charge < -0.3 is 0 Å². The summed E-state index contributed by atoms with van der Waals surface area (Å²) in [7, 11) is -3.29. The predicted molar refractivity (Wildman–Crippen MR) is 106 cm³/mol. The molecule has 0 radical (unpaired) electrons. The van der Waals surface area contributed by atoms with Gasteiger partial charge in [-0.3, -0.25) is 4.72 Å². The molecule has 136 valence electrons. The van der Waals surface area contributed by atoms with Crippen molar-refractivity contribution < 1.29 is 8.42 Å². The van der Waals surface area contributed by atoms with Crippen LogP contribution in [0.5, 0.6) is 0 Å². The predicted octanol–water partition coefficient (Wildman–Crippen LogP) is 4.73. The van der Waals surface area contributed by atoms with E-state index in [0.29, 0.717) is 5.69 Å². The Kier molecular flexibility index (Phi) is 5.44. The van der Waals surface area contributed by atoms with Gasteiger partial charge >= 0.3 is 0 Å². The van der Waals surface area contributed by atoms with Crippen molar-refractivity contribution >= 4 is 32.6 Å². The molecule has 26 heavy (non-hydrogen) atoms. The molecule has 0 saturated heterocycles. The van der Waals surface area contributed by atoms with E-state index in [9.17, 15) is 13.7 Å². The molecule has 1 aromatic heterocycles. The third-order valence-corrected chi connectivity index (χ3v) is 5.99. The monoisotopic (exact) mass is 387 g/mol. The number of hydrogen-bond acceptors (Lipinski definition) is 5. The average Bonchev–Trinajstić information content (AvgIpc) is 2.97. The van der Waals surface area contributed by atoms with Crippen LogP contribution in [0.2, 0.25) is 0 Å². The molecule has 1 aromatic carbocycles. The van der Waals surface area contributed by atoms with Crippen LogP contribution in [0, 0.1) is 18.3 Å². The van der Waals surface area contributed by atoms with Gasteiger partial charge in [0.1, 0.15) is 11.1 Å². The standard InChI is InChI=1S/C19H21N3O2S2/c1-13-18(15-8-10-16(11-9-15)22-26(2,23)24)21-19(25-13)17(12-20)14-6-4-3-5-7-14/h8-11,22H,3-7H2,1-2H3. The van der Waals surface area contributed by atoms with Crippen LogP contribution in [0.1, 0.15) is 42.0 Å². The zero-order valence-corrected chi connectivity index (χ0v) is 16.5. The molecule has 1 saturated carbocycles. The molecule has 0 bridgehead atoms. The summed E-state index contributed by atoms with van der Waals surface area (Å²) < 4.78 is 25.1. The number of nitrogens with zero attached hydrogens (tertiary/aromatic N) is 2. The van der Waals surface area contributed by atoms with Crippen LogP contribution in [0.4, 0.5) is 5.69 Å². The average molecular weight is 388 g/mol. The van der Waals surface area contributed by atoms with Gasteiger partial charge in [0.15, 0.2) is 0 Å². The lowest BCUT2D eigenvalue weighted by atomic mass is 9.91. The molecule has 1 aliphatic rings. The van der Waals surface area contributed by atoms with E-state index < -0.39 is 10.0 Å². The minimum atomic E-state index is -3.29.